The summed E-state index contributed by atoms with van der Waals surface area (Å²) in [5.74, 6) is 0.981. The van der Waals surface area contributed by atoms with Crippen LogP contribution in [0.25, 0.3) is 0 Å². The Morgan fingerprint density at radius 3 is 2.48 bits per heavy atom. The summed E-state index contributed by atoms with van der Waals surface area (Å²) < 4.78 is 10.5. The number of hydrogen-bond acceptors (Lipinski definition) is 6. The lowest BCUT2D eigenvalue weighted by Gasteiger charge is -2.21. The van der Waals surface area contributed by atoms with Crippen molar-refractivity contribution in [3.8, 4) is 11.5 Å². The maximum absolute atomic E-state index is 12.1. The highest BCUT2D eigenvalue weighted by molar-refractivity contribution is 6.04. The molecule has 1 aromatic carbocycles. The SMILES string of the molecule is COc1ccc(CCN[C@@H]2CC(=O)N(N(C)C)C2=O)cc1OC. The highest BCUT2D eigenvalue weighted by Gasteiger charge is 2.39. The van der Waals surface area contributed by atoms with E-state index >= 15 is 0 Å². The normalized spacial score (nSPS) is 18.0. The summed E-state index contributed by atoms with van der Waals surface area (Å²) in [6, 6.07) is 5.27. The Morgan fingerprint density at radius 1 is 1.22 bits per heavy atom. The molecule has 0 aliphatic carbocycles. The number of nitrogens with one attached hydrogen (secondary N) is 1. The monoisotopic (exact) mass is 321 g/mol. The van der Waals surface area contributed by atoms with Crippen molar-refractivity contribution in [2.24, 2.45) is 0 Å². The summed E-state index contributed by atoms with van der Waals surface area (Å²) in [5, 5.41) is 5.84. The van der Waals surface area contributed by atoms with E-state index in [2.05, 4.69) is 5.32 Å². The molecule has 1 aliphatic rings. The number of carbonyl (C=O) groups is 2. The van der Waals surface area contributed by atoms with Crippen molar-refractivity contribution in [3.05, 3.63) is 23.8 Å². The van der Waals surface area contributed by atoms with Crippen LogP contribution in [0.2, 0.25) is 0 Å². The number of rotatable bonds is 7. The summed E-state index contributed by atoms with van der Waals surface area (Å²) in [4.78, 5) is 24.0. The topological polar surface area (TPSA) is 71.1 Å². The molecule has 1 atom stereocenters. The van der Waals surface area contributed by atoms with Crippen LogP contribution in [0.15, 0.2) is 18.2 Å². The first kappa shape index (κ1) is 17.2. The zero-order chi connectivity index (χ0) is 17.0. The third kappa shape index (κ3) is 3.80. The molecule has 126 valence electrons. The van der Waals surface area contributed by atoms with Crippen molar-refractivity contribution in [1.29, 1.82) is 0 Å². The highest BCUT2D eigenvalue weighted by Crippen LogP contribution is 2.27. The van der Waals surface area contributed by atoms with Gasteiger partial charge in [-0.3, -0.25) is 9.59 Å². The lowest BCUT2D eigenvalue weighted by Crippen LogP contribution is -2.45. The summed E-state index contributed by atoms with van der Waals surface area (Å²) in [7, 11) is 6.56. The van der Waals surface area contributed by atoms with Gasteiger partial charge in [0.15, 0.2) is 11.5 Å². The summed E-state index contributed by atoms with van der Waals surface area (Å²) in [6.07, 6.45) is 0.920. The number of imide groups is 1. The first-order chi connectivity index (χ1) is 11.0. The van der Waals surface area contributed by atoms with E-state index in [0.717, 1.165) is 12.0 Å². The standard InChI is InChI=1S/C16H23N3O4/c1-18(2)19-15(20)10-12(16(19)21)17-8-7-11-5-6-13(22-3)14(9-11)23-4/h5-6,9,12,17H,7-8,10H2,1-4H3/t12-/m1/s1. The second kappa shape index (κ2) is 7.43. The summed E-state index contributed by atoms with van der Waals surface area (Å²) in [6.45, 7) is 0.598. The Balaban J connectivity index is 1.91. The van der Waals surface area contributed by atoms with Crippen LogP contribution in [0.1, 0.15) is 12.0 Å². The molecule has 0 spiro atoms. The average Bonchev–Trinajstić information content (AvgIpc) is 2.81. The number of benzene rings is 1. The van der Waals surface area contributed by atoms with E-state index in [9.17, 15) is 9.59 Å². The maximum Gasteiger partial charge on any atom is 0.261 e. The van der Waals surface area contributed by atoms with Crippen LogP contribution in [-0.4, -0.2) is 62.7 Å². The van der Waals surface area contributed by atoms with E-state index in [-0.39, 0.29) is 18.2 Å². The largest absolute Gasteiger partial charge is 0.493 e. The molecule has 0 unspecified atom stereocenters. The highest BCUT2D eigenvalue weighted by atomic mass is 16.5. The van der Waals surface area contributed by atoms with E-state index in [1.807, 2.05) is 18.2 Å². The van der Waals surface area contributed by atoms with Crippen molar-refractivity contribution < 1.29 is 19.1 Å². The Morgan fingerprint density at radius 2 is 1.91 bits per heavy atom. The fourth-order valence-electron chi connectivity index (χ4n) is 2.63. The maximum atomic E-state index is 12.1. The number of hydrazine groups is 1. The predicted octanol–water partition coefficient (Wildman–Crippen LogP) is 0.440. The summed E-state index contributed by atoms with van der Waals surface area (Å²) >= 11 is 0. The van der Waals surface area contributed by atoms with Gasteiger partial charge in [0.1, 0.15) is 0 Å². The van der Waals surface area contributed by atoms with Gasteiger partial charge in [-0.25, -0.2) is 10.0 Å². The van der Waals surface area contributed by atoms with Gasteiger partial charge < -0.3 is 14.8 Å². The van der Waals surface area contributed by atoms with Crippen molar-refractivity contribution in [1.82, 2.24) is 15.3 Å². The van der Waals surface area contributed by atoms with Gasteiger partial charge in [0.2, 0.25) is 5.91 Å². The van der Waals surface area contributed by atoms with Gasteiger partial charge in [-0.05, 0) is 30.7 Å². The first-order valence-corrected chi connectivity index (χ1v) is 7.46. The molecule has 7 nitrogen and oxygen atoms in total. The predicted molar refractivity (Wildman–Crippen MR) is 85.2 cm³/mol. The van der Waals surface area contributed by atoms with Crippen LogP contribution in [-0.2, 0) is 16.0 Å². The van der Waals surface area contributed by atoms with E-state index < -0.39 is 6.04 Å². The molecular formula is C16H23N3O4. The van der Waals surface area contributed by atoms with Gasteiger partial charge in [0.25, 0.3) is 5.91 Å². The van der Waals surface area contributed by atoms with Crippen LogP contribution in [0.5, 0.6) is 11.5 Å². The van der Waals surface area contributed by atoms with Crippen LogP contribution < -0.4 is 14.8 Å². The Labute approximate surface area is 136 Å². The number of ether oxygens (including phenoxy) is 2. The van der Waals surface area contributed by atoms with Crippen LogP contribution >= 0.6 is 0 Å². The molecule has 0 radical (unpaired) electrons. The molecule has 1 aliphatic heterocycles. The van der Waals surface area contributed by atoms with Crippen LogP contribution in [0.4, 0.5) is 0 Å². The minimum Gasteiger partial charge on any atom is -0.493 e. The molecule has 0 aromatic heterocycles. The third-order valence-corrected chi connectivity index (χ3v) is 3.77. The zero-order valence-corrected chi connectivity index (χ0v) is 14.0. The quantitative estimate of drug-likeness (QED) is 0.735. The molecule has 1 N–H and O–H groups in total. The molecule has 0 saturated carbocycles. The second-order valence-corrected chi connectivity index (χ2v) is 5.54. The number of amides is 2. The number of nitrogens with zero attached hydrogens (tertiary/aromatic N) is 2. The minimum absolute atomic E-state index is 0.177. The third-order valence-electron chi connectivity index (χ3n) is 3.77. The lowest BCUT2D eigenvalue weighted by atomic mass is 10.1. The molecule has 2 amide bonds. The van der Waals surface area contributed by atoms with Gasteiger partial charge >= 0.3 is 0 Å². The minimum atomic E-state index is -0.454. The average molecular weight is 321 g/mol. The van der Waals surface area contributed by atoms with Gasteiger partial charge in [0.05, 0.1) is 26.7 Å². The van der Waals surface area contributed by atoms with Gasteiger partial charge in [-0.1, -0.05) is 6.07 Å². The Hall–Kier alpha value is -2.12. The second-order valence-electron chi connectivity index (χ2n) is 5.54. The van der Waals surface area contributed by atoms with Crippen molar-refractivity contribution in [2.45, 2.75) is 18.9 Å². The van der Waals surface area contributed by atoms with Crippen molar-refractivity contribution in [3.63, 3.8) is 0 Å². The van der Waals surface area contributed by atoms with Crippen LogP contribution in [0.3, 0.4) is 0 Å². The molecule has 0 bridgehead atoms. The molecular weight excluding hydrogens is 298 g/mol. The van der Waals surface area contributed by atoms with Crippen LogP contribution in [0, 0.1) is 0 Å². The van der Waals surface area contributed by atoms with E-state index in [1.54, 1.807) is 28.3 Å². The molecule has 1 aromatic rings. The van der Waals surface area contributed by atoms with Gasteiger partial charge in [0, 0.05) is 14.1 Å². The first-order valence-electron chi connectivity index (χ1n) is 7.46. The molecule has 7 heteroatoms. The Kier molecular flexibility index (Phi) is 5.57. The van der Waals surface area contributed by atoms with Gasteiger partial charge in [-0.2, -0.15) is 0 Å². The zero-order valence-electron chi connectivity index (χ0n) is 14.0. The fraction of sp³-hybridized carbons (Fsp3) is 0.500. The lowest BCUT2D eigenvalue weighted by molar-refractivity contribution is -0.153. The molecule has 2 rings (SSSR count). The molecule has 1 fully saturated rings. The van der Waals surface area contributed by atoms with E-state index in [4.69, 9.17) is 9.47 Å². The Bertz CT molecular complexity index is 589. The van der Waals surface area contributed by atoms with Crippen molar-refractivity contribution >= 4 is 11.8 Å². The molecule has 1 saturated heterocycles. The number of carbonyl (C=O) groups excluding carboxylic acids is 2. The van der Waals surface area contributed by atoms with Crippen molar-refractivity contribution in [2.75, 3.05) is 34.9 Å². The fourth-order valence-corrected chi connectivity index (χ4v) is 2.63. The van der Waals surface area contributed by atoms with E-state index in [0.29, 0.717) is 18.0 Å². The van der Waals surface area contributed by atoms with E-state index in [1.165, 1.54) is 10.0 Å². The number of hydrogen-bond donors (Lipinski definition) is 1. The molecule has 1 heterocycles. The number of methoxy groups -OCH3 is 2. The van der Waals surface area contributed by atoms with Gasteiger partial charge in [-0.15, -0.1) is 0 Å². The summed E-state index contributed by atoms with van der Waals surface area (Å²) in [5.41, 5.74) is 1.07. The smallest absolute Gasteiger partial charge is 0.261 e. The molecule has 23 heavy (non-hydrogen) atoms.